The summed E-state index contributed by atoms with van der Waals surface area (Å²) in [5.74, 6) is 0.681. The Bertz CT molecular complexity index is 1270. The molecule has 0 saturated carbocycles. The molecule has 1 amide bonds. The number of piperazine rings is 1. The lowest BCUT2D eigenvalue weighted by Gasteiger charge is -2.37. The molecule has 1 aromatic heterocycles. The summed E-state index contributed by atoms with van der Waals surface area (Å²) in [4.78, 5) is 24.4. The van der Waals surface area contributed by atoms with E-state index >= 15 is 0 Å². The molecule has 0 bridgehead atoms. The van der Waals surface area contributed by atoms with Crippen LogP contribution in [0.25, 0.3) is 10.9 Å². The van der Waals surface area contributed by atoms with Gasteiger partial charge in [0.15, 0.2) is 0 Å². The maximum Gasteiger partial charge on any atom is 0.416 e. The Morgan fingerprint density at radius 1 is 0.886 bits per heavy atom. The lowest BCUT2D eigenvalue weighted by Crippen LogP contribution is -2.47. The van der Waals surface area contributed by atoms with Gasteiger partial charge >= 0.3 is 6.18 Å². The summed E-state index contributed by atoms with van der Waals surface area (Å²) >= 11 is 0. The van der Waals surface area contributed by atoms with Gasteiger partial charge in [-0.15, -0.1) is 0 Å². The highest BCUT2D eigenvalue weighted by molar-refractivity contribution is 6.07. The number of carbonyl (C=O) groups excluding carboxylic acids is 1. The van der Waals surface area contributed by atoms with Gasteiger partial charge in [-0.25, -0.2) is 4.98 Å². The highest BCUT2D eigenvalue weighted by Crippen LogP contribution is 2.33. The topological polar surface area (TPSA) is 39.7 Å². The first-order valence-corrected chi connectivity index (χ1v) is 11.8. The van der Waals surface area contributed by atoms with E-state index in [0.717, 1.165) is 17.0 Å². The molecule has 2 aliphatic rings. The van der Waals surface area contributed by atoms with Gasteiger partial charge in [0.05, 0.1) is 16.6 Å². The second-order valence-corrected chi connectivity index (χ2v) is 9.15. The fraction of sp³-hybridized carbons (Fsp3) is 0.333. The van der Waals surface area contributed by atoms with E-state index in [1.807, 2.05) is 66.1 Å². The van der Waals surface area contributed by atoms with Crippen LogP contribution in [-0.2, 0) is 6.18 Å². The number of nitrogens with zero attached hydrogens (tertiary/aromatic N) is 4. The third kappa shape index (κ3) is 4.45. The van der Waals surface area contributed by atoms with Crippen LogP contribution in [0, 0.1) is 0 Å². The molecule has 0 aliphatic carbocycles. The van der Waals surface area contributed by atoms with E-state index in [1.165, 1.54) is 12.1 Å². The Kier molecular flexibility index (Phi) is 5.91. The quantitative estimate of drug-likeness (QED) is 0.473. The zero-order valence-electron chi connectivity index (χ0n) is 19.7. The first-order chi connectivity index (χ1) is 16.7. The van der Waals surface area contributed by atoms with Gasteiger partial charge < -0.3 is 14.7 Å². The molecule has 2 atom stereocenters. The maximum atomic E-state index is 13.6. The number of para-hydroxylation sites is 1. The lowest BCUT2D eigenvalue weighted by atomic mass is 10.1. The second kappa shape index (κ2) is 8.91. The number of halogens is 3. The van der Waals surface area contributed by atoms with Crippen molar-refractivity contribution in [3.8, 4) is 0 Å². The second-order valence-electron chi connectivity index (χ2n) is 9.15. The first kappa shape index (κ1) is 23.2. The number of aromatic nitrogens is 1. The number of carbonyl (C=O) groups is 1. The predicted molar refractivity (Wildman–Crippen MR) is 132 cm³/mol. The average molecular weight is 481 g/mol. The molecule has 3 heterocycles. The summed E-state index contributed by atoms with van der Waals surface area (Å²) in [6.45, 7) is 6.32. The molecular formula is C27H27F3N4O. The van der Waals surface area contributed by atoms with E-state index in [4.69, 9.17) is 4.98 Å². The smallest absolute Gasteiger partial charge is 0.368 e. The van der Waals surface area contributed by atoms with Gasteiger partial charge in [0.1, 0.15) is 5.82 Å². The van der Waals surface area contributed by atoms with E-state index in [0.29, 0.717) is 43.2 Å². The van der Waals surface area contributed by atoms with Crippen molar-refractivity contribution < 1.29 is 18.0 Å². The first-order valence-electron chi connectivity index (χ1n) is 11.8. The largest absolute Gasteiger partial charge is 0.416 e. The van der Waals surface area contributed by atoms with Crippen LogP contribution in [-0.4, -0.2) is 54.1 Å². The number of amides is 1. The maximum absolute atomic E-state index is 13.6. The summed E-state index contributed by atoms with van der Waals surface area (Å²) in [5.41, 5.74) is 1.29. The van der Waals surface area contributed by atoms with Gasteiger partial charge in [-0.3, -0.25) is 4.79 Å². The number of alkyl halides is 3. The number of hydrogen-bond donors (Lipinski definition) is 0. The van der Waals surface area contributed by atoms with Crippen LogP contribution in [0.5, 0.6) is 0 Å². The van der Waals surface area contributed by atoms with Crippen molar-refractivity contribution >= 4 is 28.3 Å². The lowest BCUT2D eigenvalue weighted by molar-refractivity contribution is -0.137. The molecule has 5 nitrogen and oxygen atoms in total. The summed E-state index contributed by atoms with van der Waals surface area (Å²) in [7, 11) is 0. The number of pyridine rings is 1. The zero-order chi connectivity index (χ0) is 24.7. The van der Waals surface area contributed by atoms with Crippen LogP contribution in [0.3, 0.4) is 0 Å². The van der Waals surface area contributed by atoms with Crippen LogP contribution in [0.1, 0.15) is 29.8 Å². The Morgan fingerprint density at radius 3 is 2.23 bits per heavy atom. The molecular weight excluding hydrogens is 453 g/mol. The monoisotopic (exact) mass is 480 g/mol. The molecule has 5 rings (SSSR count). The Morgan fingerprint density at radius 2 is 1.54 bits per heavy atom. The molecule has 182 valence electrons. The number of rotatable bonds is 3. The van der Waals surface area contributed by atoms with Gasteiger partial charge in [0.25, 0.3) is 5.91 Å². The van der Waals surface area contributed by atoms with E-state index in [9.17, 15) is 18.0 Å². The number of hydrogen-bond acceptors (Lipinski definition) is 4. The van der Waals surface area contributed by atoms with Crippen molar-refractivity contribution in [2.24, 2.45) is 0 Å². The summed E-state index contributed by atoms with van der Waals surface area (Å²) in [6, 6.07) is 15.0. The predicted octanol–water partition coefficient (Wildman–Crippen LogP) is 5.37. The molecule has 8 heteroatoms. The summed E-state index contributed by atoms with van der Waals surface area (Å²) < 4.78 is 39.4. The van der Waals surface area contributed by atoms with Crippen LogP contribution >= 0.6 is 0 Å². The molecule has 0 unspecified atom stereocenters. The number of anilines is 2. The highest BCUT2D eigenvalue weighted by Gasteiger charge is 2.32. The van der Waals surface area contributed by atoms with Gasteiger partial charge in [-0.05, 0) is 44.2 Å². The van der Waals surface area contributed by atoms with Crippen molar-refractivity contribution in [1.29, 1.82) is 0 Å². The minimum atomic E-state index is -4.37. The third-order valence-electron chi connectivity index (χ3n) is 6.86. The molecule has 0 N–H and O–H groups in total. The van der Waals surface area contributed by atoms with Crippen molar-refractivity contribution in [2.45, 2.75) is 32.1 Å². The van der Waals surface area contributed by atoms with Crippen LogP contribution in [0.4, 0.5) is 24.7 Å². The standard InChI is InChI=1S/C27H27F3N4O/c1-18-10-11-19(2)34(18)26(35)23-17-25(31-24-9-4-3-8-22(23)24)33-14-12-32(13-15-33)21-7-5-6-20(16-21)27(28,29)30/h3-11,16-19H,12-15H2,1-2H3/t18-,19+. The minimum absolute atomic E-state index is 0.0175. The molecule has 3 aromatic rings. The molecule has 2 aliphatic heterocycles. The van der Waals surface area contributed by atoms with E-state index in [1.54, 1.807) is 6.07 Å². The Balaban J connectivity index is 1.40. The van der Waals surface area contributed by atoms with Crippen LogP contribution < -0.4 is 9.80 Å². The van der Waals surface area contributed by atoms with Gasteiger partial charge in [-0.1, -0.05) is 36.4 Å². The van der Waals surface area contributed by atoms with Crippen molar-refractivity contribution in [2.75, 3.05) is 36.0 Å². The summed E-state index contributed by atoms with van der Waals surface area (Å²) in [5, 5.41) is 0.815. The van der Waals surface area contributed by atoms with E-state index < -0.39 is 11.7 Å². The Hall–Kier alpha value is -3.55. The molecule has 1 saturated heterocycles. The van der Waals surface area contributed by atoms with Gasteiger partial charge in [0.2, 0.25) is 0 Å². The number of benzene rings is 2. The molecule has 0 spiro atoms. The Labute approximate surface area is 202 Å². The third-order valence-corrected chi connectivity index (χ3v) is 6.86. The van der Waals surface area contributed by atoms with Crippen molar-refractivity contribution in [1.82, 2.24) is 9.88 Å². The van der Waals surface area contributed by atoms with E-state index in [-0.39, 0.29) is 18.0 Å². The fourth-order valence-electron chi connectivity index (χ4n) is 4.96. The zero-order valence-corrected chi connectivity index (χ0v) is 19.7. The van der Waals surface area contributed by atoms with Crippen molar-refractivity contribution in [3.63, 3.8) is 0 Å². The molecule has 35 heavy (non-hydrogen) atoms. The van der Waals surface area contributed by atoms with Crippen LogP contribution in [0.15, 0.2) is 66.7 Å². The van der Waals surface area contributed by atoms with Gasteiger partial charge in [0, 0.05) is 49.3 Å². The SMILES string of the molecule is C[C@@H]1C=C[C@H](C)N1C(=O)c1cc(N2CCN(c3cccc(C(F)(F)F)c3)CC2)nc2ccccc12. The van der Waals surface area contributed by atoms with E-state index in [2.05, 4.69) is 4.90 Å². The summed E-state index contributed by atoms with van der Waals surface area (Å²) in [6.07, 6.45) is -0.282. The van der Waals surface area contributed by atoms with Crippen LogP contribution in [0.2, 0.25) is 0 Å². The highest BCUT2D eigenvalue weighted by atomic mass is 19.4. The molecule has 2 aromatic carbocycles. The minimum Gasteiger partial charge on any atom is -0.368 e. The molecule has 0 radical (unpaired) electrons. The normalized spacial score (nSPS) is 20.7. The number of fused-ring (bicyclic) bond motifs is 1. The fourth-order valence-corrected chi connectivity index (χ4v) is 4.96. The average Bonchev–Trinajstić information content (AvgIpc) is 3.20. The molecule has 1 fully saturated rings. The van der Waals surface area contributed by atoms with Gasteiger partial charge in [-0.2, -0.15) is 13.2 Å². The van der Waals surface area contributed by atoms with Crippen molar-refractivity contribution in [3.05, 3.63) is 77.9 Å².